The molecule has 0 spiro atoms. The van der Waals surface area contributed by atoms with Gasteiger partial charge in [0, 0.05) is 6.54 Å². The summed E-state index contributed by atoms with van der Waals surface area (Å²) in [6.45, 7) is 4.88. The van der Waals surface area contributed by atoms with Gasteiger partial charge in [0.05, 0.1) is 18.2 Å². The average Bonchev–Trinajstić information content (AvgIpc) is 3.26. The van der Waals surface area contributed by atoms with Crippen LogP contribution in [0.4, 0.5) is 0 Å². The van der Waals surface area contributed by atoms with Crippen LogP contribution in [0.1, 0.15) is 25.3 Å². The first kappa shape index (κ1) is 15.6. The second-order valence-electron chi connectivity index (χ2n) is 4.97. The van der Waals surface area contributed by atoms with Gasteiger partial charge in [-0.25, -0.2) is 0 Å². The summed E-state index contributed by atoms with van der Waals surface area (Å²) < 4.78 is 17.5. The van der Waals surface area contributed by atoms with Gasteiger partial charge in [0.15, 0.2) is 18.3 Å². The van der Waals surface area contributed by atoms with Crippen LogP contribution in [-0.4, -0.2) is 27.1 Å². The Kier molecular flexibility index (Phi) is 6.13. The van der Waals surface area contributed by atoms with Gasteiger partial charge in [-0.3, -0.25) is 0 Å². The van der Waals surface area contributed by atoms with E-state index in [1.807, 2.05) is 12.1 Å². The van der Waals surface area contributed by atoms with Crippen molar-refractivity contribution >= 4 is 15.9 Å². The normalized spacial score (nSPS) is 14.3. The van der Waals surface area contributed by atoms with Crippen LogP contribution in [0, 0.1) is 5.92 Å². The van der Waals surface area contributed by atoms with E-state index < -0.39 is 0 Å². The molecule has 0 bridgehead atoms. The zero-order chi connectivity index (χ0) is 14.4. The Bertz CT molecular complexity index is 435. The first-order chi connectivity index (χ1) is 9.74. The van der Waals surface area contributed by atoms with E-state index in [0.717, 1.165) is 41.4 Å². The van der Waals surface area contributed by atoms with Crippen LogP contribution in [-0.2, 0) is 11.3 Å². The summed E-state index contributed by atoms with van der Waals surface area (Å²) in [4.78, 5) is 0. The van der Waals surface area contributed by atoms with Crippen molar-refractivity contribution in [3.05, 3.63) is 22.2 Å². The minimum Gasteiger partial charge on any atom is -0.493 e. The molecule has 20 heavy (non-hydrogen) atoms. The van der Waals surface area contributed by atoms with E-state index in [-0.39, 0.29) is 6.79 Å². The molecule has 5 heteroatoms. The fourth-order valence-electron chi connectivity index (χ4n) is 1.88. The lowest BCUT2D eigenvalue weighted by atomic mass is 10.2. The predicted octanol–water partition coefficient (Wildman–Crippen LogP) is 3.33. The smallest absolute Gasteiger partial charge is 0.189 e. The Labute approximate surface area is 128 Å². The van der Waals surface area contributed by atoms with E-state index in [1.54, 1.807) is 7.11 Å². The number of methoxy groups -OCH3 is 1. The van der Waals surface area contributed by atoms with Gasteiger partial charge in [-0.2, -0.15) is 0 Å². The molecular weight excluding hydrogens is 322 g/mol. The largest absolute Gasteiger partial charge is 0.493 e. The SMILES string of the molecule is CCNCc1cc(Br)c(OCOCC2CC2)c(OC)c1. The number of halogens is 1. The van der Waals surface area contributed by atoms with E-state index in [2.05, 4.69) is 28.2 Å². The number of ether oxygens (including phenoxy) is 3. The van der Waals surface area contributed by atoms with Gasteiger partial charge in [0.25, 0.3) is 0 Å². The summed E-state index contributed by atoms with van der Waals surface area (Å²) in [5.41, 5.74) is 1.15. The predicted molar refractivity (Wildman–Crippen MR) is 82.2 cm³/mol. The fraction of sp³-hybridized carbons (Fsp3) is 0.600. The fourth-order valence-corrected chi connectivity index (χ4v) is 2.49. The Morgan fingerprint density at radius 2 is 2.15 bits per heavy atom. The molecule has 1 N–H and O–H groups in total. The zero-order valence-electron chi connectivity index (χ0n) is 12.1. The Balaban J connectivity index is 1.94. The second kappa shape index (κ2) is 7.86. The first-order valence-electron chi connectivity index (χ1n) is 7.02. The van der Waals surface area contributed by atoms with Crippen molar-refractivity contribution in [2.75, 3.05) is 27.1 Å². The lowest BCUT2D eigenvalue weighted by Gasteiger charge is -2.14. The highest BCUT2D eigenvalue weighted by Crippen LogP contribution is 2.37. The van der Waals surface area contributed by atoms with E-state index in [9.17, 15) is 0 Å². The highest BCUT2D eigenvalue weighted by atomic mass is 79.9. The number of benzene rings is 1. The van der Waals surface area contributed by atoms with E-state index in [4.69, 9.17) is 14.2 Å². The van der Waals surface area contributed by atoms with Gasteiger partial charge in [-0.1, -0.05) is 6.92 Å². The number of rotatable bonds is 9. The van der Waals surface area contributed by atoms with Gasteiger partial charge in [0.2, 0.25) is 0 Å². The third-order valence-electron chi connectivity index (χ3n) is 3.21. The maximum atomic E-state index is 5.68. The van der Waals surface area contributed by atoms with Gasteiger partial charge in [0.1, 0.15) is 0 Å². The quantitative estimate of drug-likeness (QED) is 0.551. The maximum Gasteiger partial charge on any atom is 0.189 e. The lowest BCUT2D eigenvalue weighted by molar-refractivity contribution is 0.00821. The Morgan fingerprint density at radius 3 is 2.80 bits per heavy atom. The van der Waals surface area contributed by atoms with E-state index >= 15 is 0 Å². The molecule has 4 nitrogen and oxygen atoms in total. The molecule has 0 amide bonds. The van der Waals surface area contributed by atoms with Crippen molar-refractivity contribution in [3.8, 4) is 11.5 Å². The highest BCUT2D eigenvalue weighted by molar-refractivity contribution is 9.10. The van der Waals surface area contributed by atoms with Crippen LogP contribution in [0.5, 0.6) is 11.5 Å². The van der Waals surface area contributed by atoms with Crippen molar-refractivity contribution in [2.24, 2.45) is 5.92 Å². The van der Waals surface area contributed by atoms with Gasteiger partial charge in [-0.15, -0.1) is 0 Å². The molecule has 0 radical (unpaired) electrons. The number of nitrogens with one attached hydrogen (secondary N) is 1. The summed E-state index contributed by atoms with van der Waals surface area (Å²) in [6.07, 6.45) is 2.57. The molecule has 0 aromatic heterocycles. The summed E-state index contributed by atoms with van der Waals surface area (Å²) in [5, 5.41) is 3.29. The molecule has 0 aliphatic heterocycles. The lowest BCUT2D eigenvalue weighted by Crippen LogP contribution is -2.12. The summed E-state index contributed by atoms with van der Waals surface area (Å²) >= 11 is 3.54. The molecule has 2 rings (SSSR count). The molecule has 0 atom stereocenters. The highest BCUT2D eigenvalue weighted by Gasteiger charge is 2.21. The van der Waals surface area contributed by atoms with Gasteiger partial charge >= 0.3 is 0 Å². The van der Waals surface area contributed by atoms with Crippen LogP contribution in [0.15, 0.2) is 16.6 Å². The molecule has 112 valence electrons. The molecule has 0 heterocycles. The van der Waals surface area contributed by atoms with Crippen LogP contribution in [0.2, 0.25) is 0 Å². The molecule has 1 aliphatic carbocycles. The maximum absolute atomic E-state index is 5.68. The number of hydrogen-bond donors (Lipinski definition) is 1. The van der Waals surface area contributed by atoms with Crippen molar-refractivity contribution in [2.45, 2.75) is 26.3 Å². The van der Waals surface area contributed by atoms with Crippen LogP contribution in [0.3, 0.4) is 0 Å². The van der Waals surface area contributed by atoms with Crippen molar-refractivity contribution in [1.29, 1.82) is 0 Å². The Morgan fingerprint density at radius 1 is 1.35 bits per heavy atom. The topological polar surface area (TPSA) is 39.7 Å². The molecule has 1 aliphatic rings. The van der Waals surface area contributed by atoms with Crippen molar-refractivity contribution in [1.82, 2.24) is 5.32 Å². The van der Waals surface area contributed by atoms with Crippen LogP contribution in [0.25, 0.3) is 0 Å². The minimum atomic E-state index is 0.262. The third-order valence-corrected chi connectivity index (χ3v) is 3.79. The zero-order valence-corrected chi connectivity index (χ0v) is 13.7. The van der Waals surface area contributed by atoms with Crippen molar-refractivity contribution in [3.63, 3.8) is 0 Å². The summed E-state index contributed by atoms with van der Waals surface area (Å²) in [6, 6.07) is 4.03. The van der Waals surface area contributed by atoms with Gasteiger partial charge < -0.3 is 19.5 Å². The molecule has 0 unspecified atom stereocenters. The molecular formula is C15H22BrNO3. The Hall–Kier alpha value is -0.780. The van der Waals surface area contributed by atoms with E-state index in [0.29, 0.717) is 5.75 Å². The minimum absolute atomic E-state index is 0.262. The van der Waals surface area contributed by atoms with Crippen molar-refractivity contribution < 1.29 is 14.2 Å². The molecule has 1 saturated carbocycles. The van der Waals surface area contributed by atoms with Crippen LogP contribution >= 0.6 is 15.9 Å². The van der Waals surface area contributed by atoms with Crippen LogP contribution < -0.4 is 14.8 Å². The average molecular weight is 344 g/mol. The molecule has 0 saturated heterocycles. The standard InChI is InChI=1S/C15H22BrNO3/c1-3-17-8-12-6-13(16)15(14(7-12)18-2)20-10-19-9-11-4-5-11/h6-7,11,17H,3-5,8-10H2,1-2H3. The summed E-state index contributed by atoms with van der Waals surface area (Å²) in [7, 11) is 1.65. The number of hydrogen-bond acceptors (Lipinski definition) is 4. The first-order valence-corrected chi connectivity index (χ1v) is 7.81. The second-order valence-corrected chi connectivity index (χ2v) is 5.82. The third kappa shape index (κ3) is 4.65. The summed E-state index contributed by atoms with van der Waals surface area (Å²) in [5.74, 6) is 2.16. The molecule has 1 fully saturated rings. The molecule has 1 aromatic rings. The molecule has 1 aromatic carbocycles. The van der Waals surface area contributed by atoms with E-state index in [1.165, 1.54) is 12.8 Å². The monoisotopic (exact) mass is 343 g/mol. The van der Waals surface area contributed by atoms with Gasteiger partial charge in [-0.05, 0) is 58.9 Å².